The van der Waals surface area contributed by atoms with Gasteiger partial charge >= 0.3 is 0 Å². The predicted octanol–water partition coefficient (Wildman–Crippen LogP) is 12.4. The van der Waals surface area contributed by atoms with Gasteiger partial charge in [-0.25, -0.2) is 4.98 Å². The smallest absolute Gasteiger partial charge is 0.238 e. The molecule has 0 unspecified atom stereocenters. The topological polar surface area (TPSA) is 69.9 Å². The molecular formula is C48H30N4O2. The number of hydrogen-bond donors (Lipinski definition) is 0. The number of aromatic nitrogens is 4. The standard InChI is InChI=1S/C48H30N4O2/c1-48(2)37-15-7-3-11-29(37)36-25-27(20-24-38(36)48)45-49-46(28-19-21-33-31-13-5-9-17-40(31)53-42(33)26-28)51-47(50-45)52-39-16-8-4-12-30(39)34-22-23-35-32-14-6-10-18-41(32)54-44(35)43(34)52/h3-26H,1-2H3. The second-order valence-electron chi connectivity index (χ2n) is 14.8. The first kappa shape index (κ1) is 29.5. The van der Waals surface area contributed by atoms with Crippen LogP contribution in [0.4, 0.5) is 0 Å². The fourth-order valence-corrected chi connectivity index (χ4v) is 8.89. The summed E-state index contributed by atoms with van der Waals surface area (Å²) >= 11 is 0. The Hall–Kier alpha value is -7.05. The zero-order valence-electron chi connectivity index (χ0n) is 29.5. The highest BCUT2D eigenvalue weighted by atomic mass is 16.3. The molecule has 0 amide bonds. The molecule has 4 heterocycles. The monoisotopic (exact) mass is 694 g/mol. The van der Waals surface area contributed by atoms with Crippen LogP contribution in [0, 0.1) is 0 Å². The molecule has 0 N–H and O–H groups in total. The Bertz CT molecular complexity index is 3380. The molecule has 0 bridgehead atoms. The number of nitrogens with zero attached hydrogens (tertiary/aromatic N) is 4. The zero-order chi connectivity index (χ0) is 35.7. The van der Waals surface area contributed by atoms with Crippen LogP contribution in [-0.4, -0.2) is 19.5 Å². The lowest BCUT2D eigenvalue weighted by Gasteiger charge is -2.21. The van der Waals surface area contributed by atoms with E-state index in [-0.39, 0.29) is 5.41 Å². The van der Waals surface area contributed by atoms with Crippen LogP contribution in [0.1, 0.15) is 25.0 Å². The van der Waals surface area contributed by atoms with Crippen LogP contribution in [0.25, 0.3) is 106 Å². The van der Waals surface area contributed by atoms with E-state index >= 15 is 0 Å². The van der Waals surface area contributed by atoms with Crippen molar-refractivity contribution < 1.29 is 8.83 Å². The molecule has 0 aliphatic heterocycles. The normalized spacial score (nSPS) is 13.5. The van der Waals surface area contributed by atoms with Crippen LogP contribution >= 0.6 is 0 Å². The Kier molecular flexibility index (Phi) is 5.75. The SMILES string of the molecule is CC1(C)c2ccccc2-c2cc(-c3nc(-c4ccc5c(c4)oc4ccccc45)nc(-n4c5ccccc5c5ccc6c7ccccc7oc6c54)n3)ccc21. The maximum absolute atomic E-state index is 6.66. The summed E-state index contributed by atoms with van der Waals surface area (Å²) < 4.78 is 15.1. The van der Waals surface area contributed by atoms with E-state index < -0.39 is 0 Å². The third-order valence-corrected chi connectivity index (χ3v) is 11.5. The summed E-state index contributed by atoms with van der Waals surface area (Å²) in [6.45, 7) is 4.59. The van der Waals surface area contributed by atoms with Crippen molar-refractivity contribution in [1.29, 1.82) is 0 Å². The van der Waals surface area contributed by atoms with E-state index in [2.05, 4.69) is 128 Å². The maximum atomic E-state index is 6.66. The number of rotatable bonds is 3. The molecule has 0 atom stereocenters. The minimum absolute atomic E-state index is 0.108. The largest absolute Gasteiger partial charge is 0.456 e. The van der Waals surface area contributed by atoms with Crippen molar-refractivity contribution in [2.45, 2.75) is 19.3 Å². The van der Waals surface area contributed by atoms with Crippen LogP contribution in [-0.2, 0) is 5.41 Å². The molecule has 0 radical (unpaired) electrons. The third-order valence-electron chi connectivity index (χ3n) is 11.5. The molecule has 4 aromatic heterocycles. The van der Waals surface area contributed by atoms with E-state index in [1.165, 1.54) is 22.3 Å². The van der Waals surface area contributed by atoms with Gasteiger partial charge < -0.3 is 8.83 Å². The lowest BCUT2D eigenvalue weighted by atomic mass is 9.82. The fraction of sp³-hybridized carbons (Fsp3) is 0.0625. The lowest BCUT2D eigenvalue weighted by Crippen LogP contribution is -2.14. The molecule has 254 valence electrons. The van der Waals surface area contributed by atoms with Crippen molar-refractivity contribution in [1.82, 2.24) is 19.5 Å². The maximum Gasteiger partial charge on any atom is 0.238 e. The van der Waals surface area contributed by atoms with E-state index in [4.69, 9.17) is 23.8 Å². The fourth-order valence-electron chi connectivity index (χ4n) is 8.89. The average Bonchev–Trinajstić information content (AvgIpc) is 3.94. The Morgan fingerprint density at radius 1 is 0.463 bits per heavy atom. The third kappa shape index (κ3) is 3.97. The number of fused-ring (bicyclic) bond motifs is 13. The summed E-state index contributed by atoms with van der Waals surface area (Å²) in [5.41, 5.74) is 11.9. The Morgan fingerprint density at radius 3 is 1.89 bits per heavy atom. The summed E-state index contributed by atoms with van der Waals surface area (Å²) in [6, 6.07) is 50.7. The summed E-state index contributed by atoms with van der Waals surface area (Å²) in [5.74, 6) is 1.66. The molecule has 11 aromatic rings. The van der Waals surface area contributed by atoms with Crippen LogP contribution < -0.4 is 0 Å². The Labute approximate surface area is 309 Å². The first-order chi connectivity index (χ1) is 26.5. The first-order valence-electron chi connectivity index (χ1n) is 18.3. The first-order valence-corrected chi connectivity index (χ1v) is 18.3. The van der Waals surface area contributed by atoms with Gasteiger partial charge in [-0.1, -0.05) is 117 Å². The molecule has 7 aromatic carbocycles. The summed E-state index contributed by atoms with van der Waals surface area (Å²) in [7, 11) is 0. The van der Waals surface area contributed by atoms with E-state index in [1.807, 2.05) is 36.4 Å². The van der Waals surface area contributed by atoms with Crippen LogP contribution in [0.3, 0.4) is 0 Å². The minimum atomic E-state index is -0.108. The van der Waals surface area contributed by atoms with Crippen LogP contribution in [0.15, 0.2) is 154 Å². The lowest BCUT2D eigenvalue weighted by molar-refractivity contribution is 0.660. The molecule has 1 aliphatic carbocycles. The van der Waals surface area contributed by atoms with E-state index in [0.29, 0.717) is 17.6 Å². The molecule has 6 heteroatoms. The van der Waals surface area contributed by atoms with Crippen molar-refractivity contribution in [3.63, 3.8) is 0 Å². The van der Waals surface area contributed by atoms with Gasteiger partial charge in [0.25, 0.3) is 0 Å². The van der Waals surface area contributed by atoms with E-state index in [0.717, 1.165) is 76.8 Å². The zero-order valence-corrected chi connectivity index (χ0v) is 29.5. The number of hydrogen-bond acceptors (Lipinski definition) is 5. The molecular weight excluding hydrogens is 665 g/mol. The highest BCUT2D eigenvalue weighted by Gasteiger charge is 2.35. The number of benzene rings is 7. The predicted molar refractivity (Wildman–Crippen MR) is 217 cm³/mol. The molecule has 0 fully saturated rings. The summed E-state index contributed by atoms with van der Waals surface area (Å²) in [6.07, 6.45) is 0. The van der Waals surface area contributed by atoms with Gasteiger partial charge in [0.05, 0.1) is 5.52 Å². The van der Waals surface area contributed by atoms with Gasteiger partial charge in [-0.05, 0) is 64.7 Å². The van der Waals surface area contributed by atoms with Crippen LogP contribution in [0.2, 0.25) is 0 Å². The minimum Gasteiger partial charge on any atom is -0.456 e. The van der Waals surface area contributed by atoms with E-state index in [1.54, 1.807) is 0 Å². The van der Waals surface area contributed by atoms with Crippen molar-refractivity contribution in [3.8, 4) is 39.9 Å². The van der Waals surface area contributed by atoms with Crippen molar-refractivity contribution >= 4 is 65.7 Å². The van der Waals surface area contributed by atoms with Gasteiger partial charge in [-0.2, -0.15) is 9.97 Å². The van der Waals surface area contributed by atoms with Gasteiger partial charge in [-0.15, -0.1) is 0 Å². The van der Waals surface area contributed by atoms with Gasteiger partial charge in [0, 0.05) is 48.9 Å². The average molecular weight is 695 g/mol. The van der Waals surface area contributed by atoms with Gasteiger partial charge in [-0.3, -0.25) is 4.57 Å². The Morgan fingerprint density at radius 2 is 1.06 bits per heavy atom. The molecule has 0 spiro atoms. The molecule has 12 rings (SSSR count). The molecule has 6 nitrogen and oxygen atoms in total. The van der Waals surface area contributed by atoms with Crippen molar-refractivity contribution in [3.05, 3.63) is 157 Å². The van der Waals surface area contributed by atoms with Crippen molar-refractivity contribution in [2.24, 2.45) is 0 Å². The summed E-state index contributed by atoms with van der Waals surface area (Å²) in [5, 5.41) is 6.42. The number of para-hydroxylation sites is 3. The Balaban J connectivity index is 1.16. The molecule has 0 saturated carbocycles. The molecule has 1 aliphatic rings. The summed E-state index contributed by atoms with van der Waals surface area (Å²) in [4.78, 5) is 15.8. The van der Waals surface area contributed by atoms with Crippen molar-refractivity contribution in [2.75, 3.05) is 0 Å². The molecule has 54 heavy (non-hydrogen) atoms. The van der Waals surface area contributed by atoms with Crippen LogP contribution in [0.5, 0.6) is 0 Å². The second kappa shape index (κ2) is 10.5. The molecule has 0 saturated heterocycles. The highest BCUT2D eigenvalue weighted by Crippen LogP contribution is 2.49. The second-order valence-corrected chi connectivity index (χ2v) is 14.8. The van der Waals surface area contributed by atoms with Gasteiger partial charge in [0.15, 0.2) is 17.2 Å². The van der Waals surface area contributed by atoms with E-state index in [9.17, 15) is 0 Å². The number of furan rings is 2. The quantitative estimate of drug-likeness (QED) is 0.184. The highest BCUT2D eigenvalue weighted by molar-refractivity contribution is 6.21. The van der Waals surface area contributed by atoms with Gasteiger partial charge in [0.1, 0.15) is 22.3 Å². The van der Waals surface area contributed by atoms with Gasteiger partial charge in [0.2, 0.25) is 5.95 Å².